The van der Waals surface area contributed by atoms with E-state index < -0.39 is 5.91 Å². The van der Waals surface area contributed by atoms with Gasteiger partial charge in [0.1, 0.15) is 0 Å². The van der Waals surface area contributed by atoms with E-state index in [2.05, 4.69) is 17.1 Å². The highest BCUT2D eigenvalue weighted by atomic mass is 16.5. The van der Waals surface area contributed by atoms with E-state index in [1.807, 2.05) is 0 Å². The number of benzene rings is 1. The van der Waals surface area contributed by atoms with Crippen molar-refractivity contribution in [3.05, 3.63) is 23.8 Å². The molecule has 110 valence electrons. The van der Waals surface area contributed by atoms with Gasteiger partial charge in [-0.2, -0.15) is 0 Å². The minimum absolute atomic E-state index is 0.0871. The molecule has 0 aromatic heterocycles. The molecule has 0 spiro atoms. The van der Waals surface area contributed by atoms with Crippen LogP contribution in [0.1, 0.15) is 17.3 Å². The molecule has 6 nitrogen and oxygen atoms in total. The second-order valence-electron chi connectivity index (χ2n) is 4.90. The van der Waals surface area contributed by atoms with Gasteiger partial charge in [-0.25, -0.2) is 0 Å². The van der Waals surface area contributed by atoms with Crippen LogP contribution in [0.25, 0.3) is 0 Å². The van der Waals surface area contributed by atoms with E-state index in [0.717, 1.165) is 26.2 Å². The number of carbonyl (C=O) groups excluding carboxylic acids is 1. The first kappa shape index (κ1) is 14.6. The van der Waals surface area contributed by atoms with Gasteiger partial charge in [-0.3, -0.25) is 9.69 Å². The summed E-state index contributed by atoms with van der Waals surface area (Å²) in [4.78, 5) is 13.7. The zero-order valence-corrected chi connectivity index (χ0v) is 11.8. The first-order valence-corrected chi connectivity index (χ1v) is 6.88. The largest absolute Gasteiger partial charge is 0.397 e. The fraction of sp³-hybridized carbons (Fsp3) is 0.500. The Kier molecular flexibility index (Phi) is 4.81. The maximum absolute atomic E-state index is 11.4. The van der Waals surface area contributed by atoms with E-state index in [9.17, 15) is 4.79 Å². The molecule has 1 atom stereocenters. The molecule has 1 heterocycles. The summed E-state index contributed by atoms with van der Waals surface area (Å²) in [6, 6.07) is 5.13. The van der Waals surface area contributed by atoms with Crippen LogP contribution in [-0.4, -0.2) is 49.7 Å². The van der Waals surface area contributed by atoms with Crippen molar-refractivity contribution in [1.29, 1.82) is 0 Å². The Morgan fingerprint density at radius 2 is 2.35 bits per heavy atom. The number of carbonyl (C=O) groups is 1. The van der Waals surface area contributed by atoms with Crippen LogP contribution in [0.15, 0.2) is 18.2 Å². The van der Waals surface area contributed by atoms with Crippen LogP contribution in [0, 0.1) is 0 Å². The predicted molar refractivity (Wildman–Crippen MR) is 79.7 cm³/mol. The lowest BCUT2D eigenvalue weighted by Gasteiger charge is -2.32. The van der Waals surface area contributed by atoms with Gasteiger partial charge in [0, 0.05) is 19.6 Å². The van der Waals surface area contributed by atoms with Crippen LogP contribution in [0.4, 0.5) is 11.4 Å². The first-order chi connectivity index (χ1) is 9.61. The number of anilines is 2. The van der Waals surface area contributed by atoms with Crippen LogP contribution >= 0.6 is 0 Å². The number of para-hydroxylation sites is 1. The molecule has 6 heteroatoms. The fourth-order valence-corrected chi connectivity index (χ4v) is 2.38. The number of nitrogens with two attached hydrogens (primary N) is 2. The number of nitrogens with zero attached hydrogens (tertiary/aromatic N) is 1. The summed E-state index contributed by atoms with van der Waals surface area (Å²) in [6.45, 7) is 6.32. The summed E-state index contributed by atoms with van der Waals surface area (Å²) in [5, 5.41) is 3.20. The molecule has 0 aliphatic carbocycles. The number of nitrogen functional groups attached to an aromatic ring is 1. The zero-order chi connectivity index (χ0) is 14.5. The maximum Gasteiger partial charge on any atom is 0.250 e. The van der Waals surface area contributed by atoms with Crippen molar-refractivity contribution in [2.45, 2.75) is 13.0 Å². The van der Waals surface area contributed by atoms with Gasteiger partial charge in [-0.05, 0) is 18.7 Å². The van der Waals surface area contributed by atoms with E-state index in [1.165, 1.54) is 0 Å². The van der Waals surface area contributed by atoms with E-state index in [0.29, 0.717) is 23.5 Å². The number of nitrogens with one attached hydrogen (secondary N) is 1. The third-order valence-electron chi connectivity index (χ3n) is 3.54. The Hall–Kier alpha value is -1.79. The normalized spacial score (nSPS) is 19.8. The SMILES string of the molecule is CCN1CCOC(CNc2c(N)cccc2C(N)=O)C1. The average molecular weight is 278 g/mol. The number of rotatable bonds is 5. The van der Waals surface area contributed by atoms with Crippen LogP contribution in [-0.2, 0) is 4.74 Å². The third-order valence-corrected chi connectivity index (χ3v) is 3.54. The number of hydrogen-bond acceptors (Lipinski definition) is 5. The summed E-state index contributed by atoms with van der Waals surface area (Å²) in [6.07, 6.45) is 0.0871. The van der Waals surface area contributed by atoms with E-state index >= 15 is 0 Å². The van der Waals surface area contributed by atoms with Gasteiger partial charge in [0.15, 0.2) is 0 Å². The van der Waals surface area contributed by atoms with Crippen molar-refractivity contribution in [3.8, 4) is 0 Å². The number of ether oxygens (including phenoxy) is 1. The molecule has 1 aliphatic rings. The smallest absolute Gasteiger partial charge is 0.250 e. The molecule has 1 saturated heterocycles. The van der Waals surface area contributed by atoms with Gasteiger partial charge in [0.05, 0.1) is 29.6 Å². The lowest BCUT2D eigenvalue weighted by Crippen LogP contribution is -2.45. The van der Waals surface area contributed by atoms with Crippen molar-refractivity contribution < 1.29 is 9.53 Å². The highest BCUT2D eigenvalue weighted by Gasteiger charge is 2.20. The monoisotopic (exact) mass is 278 g/mol. The van der Waals surface area contributed by atoms with Crippen molar-refractivity contribution in [3.63, 3.8) is 0 Å². The highest BCUT2D eigenvalue weighted by molar-refractivity contribution is 6.01. The second-order valence-corrected chi connectivity index (χ2v) is 4.90. The number of morpholine rings is 1. The third kappa shape index (κ3) is 3.40. The number of likely N-dealkylation sites (N-methyl/N-ethyl adjacent to an activating group) is 1. The summed E-state index contributed by atoms with van der Waals surface area (Å²) >= 11 is 0. The average Bonchev–Trinajstić information content (AvgIpc) is 2.45. The molecular formula is C14H22N4O2. The molecular weight excluding hydrogens is 256 g/mol. The van der Waals surface area contributed by atoms with Crippen molar-refractivity contribution in [1.82, 2.24) is 4.90 Å². The Bertz CT molecular complexity index is 478. The first-order valence-electron chi connectivity index (χ1n) is 6.88. The van der Waals surface area contributed by atoms with Gasteiger partial charge in [-0.1, -0.05) is 13.0 Å². The topological polar surface area (TPSA) is 93.6 Å². The maximum atomic E-state index is 11.4. The van der Waals surface area contributed by atoms with Crippen molar-refractivity contribution >= 4 is 17.3 Å². The van der Waals surface area contributed by atoms with Gasteiger partial charge in [-0.15, -0.1) is 0 Å². The van der Waals surface area contributed by atoms with Gasteiger partial charge in [0.25, 0.3) is 5.91 Å². The highest BCUT2D eigenvalue weighted by Crippen LogP contribution is 2.23. The molecule has 5 N–H and O–H groups in total. The molecule has 0 saturated carbocycles. The molecule has 2 rings (SSSR count). The van der Waals surface area contributed by atoms with E-state index in [-0.39, 0.29) is 6.10 Å². The summed E-state index contributed by atoms with van der Waals surface area (Å²) in [7, 11) is 0. The molecule has 1 amide bonds. The predicted octanol–water partition coefficient (Wildman–Crippen LogP) is 0.500. The van der Waals surface area contributed by atoms with Crippen LogP contribution in [0.3, 0.4) is 0 Å². The quantitative estimate of drug-likeness (QED) is 0.682. The molecule has 1 fully saturated rings. The van der Waals surface area contributed by atoms with Gasteiger partial charge in [0.2, 0.25) is 0 Å². The number of hydrogen-bond donors (Lipinski definition) is 3. The van der Waals surface area contributed by atoms with E-state index in [1.54, 1.807) is 18.2 Å². The van der Waals surface area contributed by atoms with Gasteiger partial charge < -0.3 is 21.5 Å². The van der Waals surface area contributed by atoms with E-state index in [4.69, 9.17) is 16.2 Å². The summed E-state index contributed by atoms with van der Waals surface area (Å²) in [5.41, 5.74) is 12.8. The van der Waals surface area contributed by atoms with Crippen molar-refractivity contribution in [2.75, 3.05) is 43.8 Å². The lowest BCUT2D eigenvalue weighted by molar-refractivity contribution is -0.0191. The van der Waals surface area contributed by atoms with Crippen LogP contribution in [0.5, 0.6) is 0 Å². The second kappa shape index (κ2) is 6.58. The molecule has 1 aromatic rings. The number of amides is 1. The Balaban J connectivity index is 2.02. The zero-order valence-electron chi connectivity index (χ0n) is 11.8. The van der Waals surface area contributed by atoms with Crippen LogP contribution in [0.2, 0.25) is 0 Å². The summed E-state index contributed by atoms with van der Waals surface area (Å²) < 4.78 is 5.71. The Labute approximate surface area is 119 Å². The summed E-state index contributed by atoms with van der Waals surface area (Å²) in [5.74, 6) is -0.487. The molecule has 1 aromatic carbocycles. The van der Waals surface area contributed by atoms with Gasteiger partial charge >= 0.3 is 0 Å². The molecule has 0 bridgehead atoms. The standard InChI is InChI=1S/C14H22N4O2/c1-2-18-6-7-20-10(9-18)8-17-13-11(14(16)19)4-3-5-12(13)15/h3-5,10,17H,2,6-9,15H2,1H3,(H2,16,19). The Morgan fingerprint density at radius 3 is 3.05 bits per heavy atom. The fourth-order valence-electron chi connectivity index (χ4n) is 2.38. The molecule has 1 unspecified atom stereocenters. The molecule has 1 aliphatic heterocycles. The Morgan fingerprint density at radius 1 is 1.55 bits per heavy atom. The minimum Gasteiger partial charge on any atom is -0.397 e. The minimum atomic E-state index is -0.487. The molecule has 20 heavy (non-hydrogen) atoms. The van der Waals surface area contributed by atoms with Crippen molar-refractivity contribution in [2.24, 2.45) is 5.73 Å². The molecule has 0 radical (unpaired) electrons. The van der Waals surface area contributed by atoms with Crippen LogP contribution < -0.4 is 16.8 Å². The number of primary amides is 1. The lowest BCUT2D eigenvalue weighted by atomic mass is 10.1.